The fourth-order valence-corrected chi connectivity index (χ4v) is 4.86. The molecule has 5 N–H and O–H groups in total. The highest BCUT2D eigenvalue weighted by Gasteiger charge is 2.26. The maximum Gasteiger partial charge on any atom is 0.472 e. The number of carbonyl (C=O) groups is 1. The summed E-state index contributed by atoms with van der Waals surface area (Å²) >= 11 is 0. The molecule has 3 atom stereocenters. The summed E-state index contributed by atoms with van der Waals surface area (Å²) in [6.07, 6.45) is 42.2. The first-order valence-electron chi connectivity index (χ1n) is 17.2. The monoisotopic (exact) mass is 662 g/mol. The highest BCUT2D eigenvalue weighted by Crippen LogP contribution is 2.43. The van der Waals surface area contributed by atoms with Crippen LogP contribution in [-0.2, 0) is 18.4 Å². The third-order valence-corrected chi connectivity index (χ3v) is 7.69. The van der Waals surface area contributed by atoms with E-state index in [2.05, 4.69) is 92.1 Å². The third kappa shape index (κ3) is 30.3. The number of carbonyl (C=O) groups excluding carboxylic acids is 1. The number of phosphoric acid groups is 1. The van der Waals surface area contributed by atoms with Gasteiger partial charge in [-0.25, -0.2) is 4.57 Å². The van der Waals surface area contributed by atoms with Gasteiger partial charge in [-0.2, -0.15) is 0 Å². The number of rotatable bonds is 30. The average molecular weight is 663 g/mol. The van der Waals surface area contributed by atoms with E-state index < -0.39 is 20.0 Å². The van der Waals surface area contributed by atoms with Gasteiger partial charge in [-0.3, -0.25) is 13.8 Å². The third-order valence-electron chi connectivity index (χ3n) is 6.70. The van der Waals surface area contributed by atoms with Crippen molar-refractivity contribution in [2.24, 2.45) is 5.73 Å². The van der Waals surface area contributed by atoms with Gasteiger partial charge in [0.05, 0.1) is 25.4 Å². The average Bonchev–Trinajstić information content (AvgIpc) is 3.04. The minimum atomic E-state index is -4.35. The van der Waals surface area contributed by atoms with Crippen molar-refractivity contribution in [3.63, 3.8) is 0 Å². The van der Waals surface area contributed by atoms with Crippen molar-refractivity contribution in [1.82, 2.24) is 5.32 Å². The van der Waals surface area contributed by atoms with Gasteiger partial charge in [0.1, 0.15) is 0 Å². The first kappa shape index (κ1) is 43.7. The van der Waals surface area contributed by atoms with Gasteiger partial charge < -0.3 is 21.1 Å². The maximum atomic E-state index is 12.6. The Balaban J connectivity index is 4.39. The van der Waals surface area contributed by atoms with Gasteiger partial charge in [0.2, 0.25) is 5.91 Å². The van der Waals surface area contributed by atoms with E-state index >= 15 is 0 Å². The molecule has 46 heavy (non-hydrogen) atoms. The molecule has 0 aliphatic carbocycles. The first-order chi connectivity index (χ1) is 22.4. The number of unbranched alkanes of at least 4 members (excludes halogenated alkanes) is 6. The van der Waals surface area contributed by atoms with Crippen molar-refractivity contribution in [3.05, 3.63) is 85.1 Å². The molecule has 9 heteroatoms. The van der Waals surface area contributed by atoms with E-state index in [4.69, 9.17) is 14.8 Å². The number of nitrogens with one attached hydrogen (secondary N) is 1. The molecule has 0 aliphatic heterocycles. The Labute approximate surface area is 279 Å². The van der Waals surface area contributed by atoms with Crippen molar-refractivity contribution in [1.29, 1.82) is 0 Å². The molecule has 0 spiro atoms. The van der Waals surface area contributed by atoms with Crippen LogP contribution in [0.25, 0.3) is 0 Å². The van der Waals surface area contributed by atoms with Crippen LogP contribution in [0.2, 0.25) is 0 Å². The number of aliphatic hydroxyl groups excluding tert-OH is 1. The summed E-state index contributed by atoms with van der Waals surface area (Å²) in [5, 5.41) is 13.4. The second-order valence-electron chi connectivity index (χ2n) is 11.0. The van der Waals surface area contributed by atoms with Gasteiger partial charge in [0.25, 0.3) is 0 Å². The summed E-state index contributed by atoms with van der Waals surface area (Å²) in [6, 6.07) is -0.896. The molecule has 0 aromatic heterocycles. The summed E-state index contributed by atoms with van der Waals surface area (Å²) in [7, 11) is -4.35. The van der Waals surface area contributed by atoms with E-state index in [0.717, 1.165) is 77.0 Å². The van der Waals surface area contributed by atoms with E-state index in [0.29, 0.717) is 12.8 Å². The lowest BCUT2D eigenvalue weighted by Crippen LogP contribution is -2.45. The molecule has 1 amide bonds. The van der Waals surface area contributed by atoms with Crippen LogP contribution in [0.4, 0.5) is 0 Å². The molecule has 0 rings (SSSR count). The Hall–Kier alpha value is -2.32. The molecule has 0 saturated carbocycles. The molecule has 0 aliphatic rings. The van der Waals surface area contributed by atoms with Crippen LogP contribution in [0.3, 0.4) is 0 Å². The summed E-state index contributed by atoms with van der Waals surface area (Å²) in [4.78, 5) is 22.5. The Morgan fingerprint density at radius 3 is 1.89 bits per heavy atom. The van der Waals surface area contributed by atoms with Crippen molar-refractivity contribution >= 4 is 13.7 Å². The summed E-state index contributed by atoms with van der Waals surface area (Å²) < 4.78 is 21.9. The van der Waals surface area contributed by atoms with Crippen molar-refractivity contribution in [3.8, 4) is 0 Å². The van der Waals surface area contributed by atoms with E-state index in [-0.39, 0.29) is 25.7 Å². The normalized spacial score (nSPS) is 15.5. The van der Waals surface area contributed by atoms with Gasteiger partial charge in [-0.1, -0.05) is 118 Å². The predicted molar refractivity (Wildman–Crippen MR) is 193 cm³/mol. The van der Waals surface area contributed by atoms with Crippen LogP contribution < -0.4 is 11.1 Å². The van der Waals surface area contributed by atoms with Crippen molar-refractivity contribution in [2.45, 2.75) is 122 Å². The second-order valence-corrected chi connectivity index (χ2v) is 12.4. The summed E-state index contributed by atoms with van der Waals surface area (Å²) in [5.74, 6) is -0.245. The topological polar surface area (TPSA) is 131 Å². The fraction of sp³-hybridized carbons (Fsp3) is 0.595. The zero-order valence-electron chi connectivity index (χ0n) is 28.5. The molecule has 0 bridgehead atoms. The van der Waals surface area contributed by atoms with Crippen LogP contribution in [0.15, 0.2) is 85.1 Å². The predicted octanol–water partition coefficient (Wildman–Crippen LogP) is 8.71. The molecule has 0 heterocycles. The van der Waals surface area contributed by atoms with Crippen molar-refractivity contribution in [2.75, 3.05) is 19.8 Å². The van der Waals surface area contributed by atoms with Gasteiger partial charge in [-0.15, -0.1) is 0 Å². The highest BCUT2D eigenvalue weighted by atomic mass is 31.2. The lowest BCUT2D eigenvalue weighted by atomic mass is 10.1. The second kappa shape index (κ2) is 32.6. The number of aliphatic hydroxyl groups is 1. The van der Waals surface area contributed by atoms with Crippen LogP contribution in [0.1, 0.15) is 110 Å². The van der Waals surface area contributed by atoms with Gasteiger partial charge in [0, 0.05) is 13.0 Å². The Bertz CT molecular complexity index is 986. The Morgan fingerprint density at radius 1 is 0.739 bits per heavy atom. The highest BCUT2D eigenvalue weighted by molar-refractivity contribution is 7.47. The van der Waals surface area contributed by atoms with Crippen molar-refractivity contribution < 1.29 is 28.4 Å². The van der Waals surface area contributed by atoms with E-state index in [9.17, 15) is 19.4 Å². The zero-order valence-corrected chi connectivity index (χ0v) is 29.4. The molecule has 0 radical (unpaired) electrons. The van der Waals surface area contributed by atoms with Crippen LogP contribution in [-0.4, -0.2) is 47.8 Å². The first-order valence-corrected chi connectivity index (χ1v) is 18.7. The van der Waals surface area contributed by atoms with E-state index in [1.807, 2.05) is 6.08 Å². The van der Waals surface area contributed by atoms with E-state index in [1.54, 1.807) is 6.08 Å². The smallest absolute Gasteiger partial charge is 0.387 e. The largest absolute Gasteiger partial charge is 0.472 e. The minimum absolute atomic E-state index is 0.0629. The van der Waals surface area contributed by atoms with E-state index in [1.165, 1.54) is 6.42 Å². The molecule has 262 valence electrons. The number of allylic oxidation sites excluding steroid dienone is 13. The lowest BCUT2D eigenvalue weighted by molar-refractivity contribution is -0.123. The maximum absolute atomic E-state index is 12.6. The summed E-state index contributed by atoms with van der Waals surface area (Å²) in [5.41, 5.74) is 5.33. The fourth-order valence-electron chi connectivity index (χ4n) is 4.10. The standard InChI is InChI=1S/C37H63N2O6P/c1-3-5-7-9-11-13-14-15-16-17-18-19-20-21-22-23-25-27-29-31-37(41)39-35(34-45-46(42,43)44-33-32-38)36(40)30-28-26-24-12-10-8-6-4-2/h5,7,10-13,15-16,18-19,21-22,28,30,35-36,40H,3-4,6,8-9,14,17,20,23-27,29,31-34,38H2,1-2H3,(H,39,41)(H,42,43)/b7-5-,12-10+,13-11-,16-15-,19-18-,22-21-,30-28+. The molecule has 0 aromatic carbocycles. The molecule has 8 nitrogen and oxygen atoms in total. The molecule has 0 fully saturated rings. The number of nitrogens with two attached hydrogens (primary N) is 1. The number of hydrogen-bond donors (Lipinski definition) is 4. The Kier molecular flexibility index (Phi) is 31.0. The molecule has 0 aromatic rings. The number of hydrogen-bond acceptors (Lipinski definition) is 6. The summed E-state index contributed by atoms with van der Waals surface area (Å²) in [6.45, 7) is 3.84. The van der Waals surface area contributed by atoms with Gasteiger partial charge >= 0.3 is 7.82 Å². The molecular weight excluding hydrogens is 599 g/mol. The molecule has 0 saturated heterocycles. The molecule has 3 unspecified atom stereocenters. The van der Waals surface area contributed by atoms with Crippen LogP contribution >= 0.6 is 7.82 Å². The number of amides is 1. The minimum Gasteiger partial charge on any atom is -0.387 e. The number of phosphoric ester groups is 1. The van der Waals surface area contributed by atoms with Gasteiger partial charge in [0.15, 0.2) is 0 Å². The van der Waals surface area contributed by atoms with Crippen LogP contribution in [0, 0.1) is 0 Å². The Morgan fingerprint density at radius 2 is 1.28 bits per heavy atom. The quantitative estimate of drug-likeness (QED) is 0.0344. The van der Waals surface area contributed by atoms with Gasteiger partial charge in [-0.05, 0) is 70.6 Å². The molecular formula is C37H63N2O6P. The SMILES string of the molecule is CC/C=C\C/C=C\C/C=C\C/C=C\C/C=C\CCCCCC(=O)NC(COP(=O)(O)OCCN)C(O)/C=C/CC/C=C/CCCC. The zero-order chi connectivity index (χ0) is 34.0. The lowest BCUT2D eigenvalue weighted by Gasteiger charge is -2.23. The van der Waals surface area contributed by atoms with Crippen LogP contribution in [0.5, 0.6) is 0 Å².